The first-order valence-electron chi connectivity index (χ1n) is 5.28. The summed E-state index contributed by atoms with van der Waals surface area (Å²) in [7, 11) is 0. The zero-order valence-corrected chi connectivity index (χ0v) is 8.47. The van der Waals surface area contributed by atoms with Crippen LogP contribution in [0.3, 0.4) is 0 Å². The smallest absolute Gasteiger partial charge is 0.0949 e. The highest BCUT2D eigenvalue weighted by Crippen LogP contribution is 2.50. The van der Waals surface area contributed by atoms with Crippen LogP contribution in [0, 0.1) is 17.8 Å². The van der Waals surface area contributed by atoms with Gasteiger partial charge in [0.05, 0.1) is 12.2 Å². The molecule has 1 saturated carbocycles. The van der Waals surface area contributed by atoms with Crippen LogP contribution in [0.2, 0.25) is 0 Å². The highest BCUT2D eigenvalue weighted by atomic mass is 16.6. The third-order valence-corrected chi connectivity index (χ3v) is 3.66. The number of epoxide rings is 1. The highest BCUT2D eigenvalue weighted by Gasteiger charge is 2.54. The van der Waals surface area contributed by atoms with Crippen LogP contribution in [0.4, 0.5) is 0 Å². The van der Waals surface area contributed by atoms with E-state index in [4.69, 9.17) is 4.74 Å². The summed E-state index contributed by atoms with van der Waals surface area (Å²) in [5.41, 5.74) is 0.339. The molecular weight excluding hydrogens is 148 g/mol. The van der Waals surface area contributed by atoms with Crippen LogP contribution in [0.5, 0.6) is 0 Å². The fourth-order valence-corrected chi connectivity index (χ4v) is 2.94. The van der Waals surface area contributed by atoms with Crippen molar-refractivity contribution >= 4 is 0 Å². The first-order valence-corrected chi connectivity index (χ1v) is 5.28. The Morgan fingerprint density at radius 2 is 2.00 bits per heavy atom. The summed E-state index contributed by atoms with van der Waals surface area (Å²) in [5.74, 6) is 2.54. The van der Waals surface area contributed by atoms with Crippen LogP contribution in [-0.4, -0.2) is 12.2 Å². The van der Waals surface area contributed by atoms with Crippen LogP contribution < -0.4 is 0 Å². The highest BCUT2D eigenvalue weighted by molar-refractivity contribution is 5.02. The predicted octanol–water partition coefficient (Wildman–Crippen LogP) is 2.85. The summed E-state index contributed by atoms with van der Waals surface area (Å²) >= 11 is 0. The number of rotatable bonds is 1. The van der Waals surface area contributed by atoms with E-state index in [0.717, 1.165) is 24.4 Å². The van der Waals surface area contributed by atoms with E-state index in [1.165, 1.54) is 19.3 Å². The van der Waals surface area contributed by atoms with Gasteiger partial charge in [-0.05, 0) is 30.6 Å². The maximum absolute atomic E-state index is 5.68. The van der Waals surface area contributed by atoms with Crippen LogP contribution in [-0.2, 0) is 4.74 Å². The minimum atomic E-state index is 0.339. The molecule has 0 aromatic carbocycles. The summed E-state index contributed by atoms with van der Waals surface area (Å²) in [4.78, 5) is 0. The lowest BCUT2D eigenvalue weighted by atomic mass is 9.70. The van der Waals surface area contributed by atoms with Crippen molar-refractivity contribution in [3.63, 3.8) is 0 Å². The van der Waals surface area contributed by atoms with Crippen molar-refractivity contribution in [1.29, 1.82) is 0 Å². The minimum absolute atomic E-state index is 0.339. The molecule has 1 aliphatic heterocycles. The molecule has 1 heterocycles. The van der Waals surface area contributed by atoms with E-state index >= 15 is 0 Å². The quantitative estimate of drug-likeness (QED) is 0.548. The van der Waals surface area contributed by atoms with Gasteiger partial charge in [0.2, 0.25) is 0 Å². The molecule has 3 atom stereocenters. The Hall–Kier alpha value is -0.0400. The monoisotopic (exact) mass is 168 g/mol. The summed E-state index contributed by atoms with van der Waals surface area (Å²) in [6.45, 7) is 8.08. The number of hydrogen-bond acceptors (Lipinski definition) is 1. The topological polar surface area (TPSA) is 12.5 Å². The van der Waals surface area contributed by atoms with Crippen molar-refractivity contribution in [1.82, 2.24) is 0 Å². The molecule has 2 aliphatic rings. The molecule has 0 aromatic rings. The molecule has 12 heavy (non-hydrogen) atoms. The lowest BCUT2D eigenvalue weighted by Gasteiger charge is -2.35. The van der Waals surface area contributed by atoms with Gasteiger partial charge >= 0.3 is 0 Å². The number of hydrogen-bond donors (Lipinski definition) is 0. The second-order valence-corrected chi connectivity index (χ2v) is 5.09. The van der Waals surface area contributed by atoms with Crippen molar-refractivity contribution in [2.24, 2.45) is 17.8 Å². The van der Waals surface area contributed by atoms with Gasteiger partial charge in [-0.1, -0.05) is 27.2 Å². The fourth-order valence-electron chi connectivity index (χ4n) is 2.94. The second kappa shape index (κ2) is 2.73. The first kappa shape index (κ1) is 8.55. The average Bonchev–Trinajstić information content (AvgIpc) is 2.68. The molecule has 0 amide bonds. The molecule has 0 radical (unpaired) electrons. The largest absolute Gasteiger partial charge is 0.369 e. The molecule has 0 aromatic heterocycles. The maximum atomic E-state index is 5.68. The molecule has 70 valence electrons. The average molecular weight is 168 g/mol. The Morgan fingerprint density at radius 1 is 1.33 bits per heavy atom. The maximum Gasteiger partial charge on any atom is 0.0949 e. The second-order valence-electron chi connectivity index (χ2n) is 5.09. The molecule has 1 saturated heterocycles. The Bertz CT molecular complexity index is 170. The molecule has 2 fully saturated rings. The van der Waals surface area contributed by atoms with Gasteiger partial charge in [-0.2, -0.15) is 0 Å². The normalized spacial score (nSPS) is 47.0. The van der Waals surface area contributed by atoms with Gasteiger partial charge in [-0.25, -0.2) is 0 Å². The standard InChI is InChI=1S/C11H20O/c1-8(2)10-5-4-9(3)6-11(10)7-12-11/h8-10H,4-7H2,1-3H3/t9-,10?,11-/m1/s1. The molecule has 0 N–H and O–H groups in total. The Morgan fingerprint density at radius 3 is 2.50 bits per heavy atom. The Kier molecular flexibility index (Phi) is 1.95. The van der Waals surface area contributed by atoms with E-state index in [0.29, 0.717) is 5.60 Å². The van der Waals surface area contributed by atoms with Gasteiger partial charge in [-0.3, -0.25) is 0 Å². The predicted molar refractivity (Wildman–Crippen MR) is 50.0 cm³/mol. The van der Waals surface area contributed by atoms with E-state index in [1.54, 1.807) is 0 Å². The van der Waals surface area contributed by atoms with Gasteiger partial charge < -0.3 is 4.74 Å². The van der Waals surface area contributed by atoms with E-state index in [9.17, 15) is 0 Å². The molecule has 1 unspecified atom stereocenters. The molecular formula is C11H20O. The van der Waals surface area contributed by atoms with E-state index in [-0.39, 0.29) is 0 Å². The summed E-state index contributed by atoms with van der Waals surface area (Å²) in [5, 5.41) is 0. The first-order chi connectivity index (χ1) is 5.64. The van der Waals surface area contributed by atoms with Crippen LogP contribution >= 0.6 is 0 Å². The van der Waals surface area contributed by atoms with Crippen LogP contribution in [0.1, 0.15) is 40.0 Å². The molecule has 1 heteroatoms. The van der Waals surface area contributed by atoms with Crippen molar-refractivity contribution < 1.29 is 4.74 Å². The summed E-state index contributed by atoms with van der Waals surface area (Å²) < 4.78 is 5.68. The molecule has 2 rings (SSSR count). The van der Waals surface area contributed by atoms with Crippen LogP contribution in [0.15, 0.2) is 0 Å². The lowest BCUT2D eigenvalue weighted by Crippen LogP contribution is -2.35. The molecule has 1 aliphatic carbocycles. The number of ether oxygens (including phenoxy) is 1. The van der Waals surface area contributed by atoms with Crippen molar-refractivity contribution in [2.45, 2.75) is 45.6 Å². The van der Waals surface area contributed by atoms with E-state index in [2.05, 4.69) is 20.8 Å². The lowest BCUT2D eigenvalue weighted by molar-refractivity contribution is 0.0953. The van der Waals surface area contributed by atoms with Gasteiger partial charge in [-0.15, -0.1) is 0 Å². The van der Waals surface area contributed by atoms with Gasteiger partial charge in [0.1, 0.15) is 0 Å². The van der Waals surface area contributed by atoms with Gasteiger partial charge in [0, 0.05) is 0 Å². The molecule has 0 bridgehead atoms. The van der Waals surface area contributed by atoms with Gasteiger partial charge in [0.15, 0.2) is 0 Å². The van der Waals surface area contributed by atoms with Crippen LogP contribution in [0.25, 0.3) is 0 Å². The van der Waals surface area contributed by atoms with Gasteiger partial charge in [0.25, 0.3) is 0 Å². The molecule has 1 nitrogen and oxygen atoms in total. The fraction of sp³-hybridized carbons (Fsp3) is 1.00. The Labute approximate surface area is 75.5 Å². The van der Waals surface area contributed by atoms with Crippen molar-refractivity contribution in [2.75, 3.05) is 6.61 Å². The molecule has 1 spiro atoms. The zero-order valence-electron chi connectivity index (χ0n) is 8.47. The van der Waals surface area contributed by atoms with E-state index in [1.807, 2.05) is 0 Å². The zero-order chi connectivity index (χ0) is 8.77. The third kappa shape index (κ3) is 1.28. The summed E-state index contributed by atoms with van der Waals surface area (Å²) in [6, 6.07) is 0. The van der Waals surface area contributed by atoms with Crippen molar-refractivity contribution in [3.8, 4) is 0 Å². The summed E-state index contributed by atoms with van der Waals surface area (Å²) in [6.07, 6.45) is 4.11. The third-order valence-electron chi connectivity index (χ3n) is 3.66. The SMILES string of the molecule is CC(C)C1CC[C@@H](C)C[C@@]12CO2. The minimum Gasteiger partial charge on any atom is -0.369 e. The van der Waals surface area contributed by atoms with E-state index < -0.39 is 0 Å². The van der Waals surface area contributed by atoms with Crippen molar-refractivity contribution in [3.05, 3.63) is 0 Å². The Balaban J connectivity index is 2.05.